The molecule has 0 aliphatic rings. The van der Waals surface area contributed by atoms with Crippen LogP contribution in [-0.2, 0) is 6.42 Å². The number of rotatable bonds is 5. The van der Waals surface area contributed by atoms with Gasteiger partial charge in [0, 0.05) is 4.88 Å². The van der Waals surface area contributed by atoms with Gasteiger partial charge in [0.2, 0.25) is 0 Å². The fraction of sp³-hybridized carbons (Fsp3) is 0.375. The molecule has 1 unspecified atom stereocenters. The predicted octanol–water partition coefficient (Wildman–Crippen LogP) is 4.91. The first-order valence-corrected chi connectivity index (χ1v) is 7.86. The fourth-order valence-corrected chi connectivity index (χ4v) is 3.63. The number of hydrogen-bond donors (Lipinski definition) is 1. The van der Waals surface area contributed by atoms with Gasteiger partial charge in [-0.2, -0.15) is 0 Å². The average molecular weight is 294 g/mol. The van der Waals surface area contributed by atoms with Crippen LogP contribution in [0.3, 0.4) is 0 Å². The highest BCUT2D eigenvalue weighted by Gasteiger charge is 2.16. The molecule has 102 valence electrons. The van der Waals surface area contributed by atoms with E-state index in [9.17, 15) is 0 Å². The number of benzene rings is 1. The molecule has 1 N–H and O–H groups in total. The minimum Gasteiger partial charge on any atom is -0.309 e. The van der Waals surface area contributed by atoms with Crippen LogP contribution in [0, 0.1) is 5.92 Å². The Morgan fingerprint density at radius 1 is 1.26 bits per heavy atom. The molecule has 0 saturated heterocycles. The lowest BCUT2D eigenvalue weighted by atomic mass is 9.97. The topological polar surface area (TPSA) is 12.0 Å². The molecule has 3 heteroatoms. The average Bonchev–Trinajstić information content (AvgIpc) is 2.77. The van der Waals surface area contributed by atoms with Gasteiger partial charge < -0.3 is 5.32 Å². The van der Waals surface area contributed by atoms with Crippen molar-refractivity contribution < 1.29 is 0 Å². The van der Waals surface area contributed by atoms with E-state index < -0.39 is 0 Å². The molecule has 0 radical (unpaired) electrons. The van der Waals surface area contributed by atoms with E-state index in [1.165, 1.54) is 16.0 Å². The van der Waals surface area contributed by atoms with Gasteiger partial charge in [-0.05, 0) is 42.0 Å². The van der Waals surface area contributed by atoms with Crippen molar-refractivity contribution in [1.29, 1.82) is 0 Å². The Kier molecular flexibility index (Phi) is 5.03. The number of thiophene rings is 1. The number of nitrogens with one attached hydrogen (secondary N) is 1. The second-order valence-corrected chi connectivity index (χ2v) is 6.55. The summed E-state index contributed by atoms with van der Waals surface area (Å²) >= 11 is 7.96. The van der Waals surface area contributed by atoms with E-state index in [0.29, 0.717) is 5.92 Å². The summed E-state index contributed by atoms with van der Waals surface area (Å²) in [7, 11) is 1.98. The van der Waals surface area contributed by atoms with E-state index in [-0.39, 0.29) is 6.04 Å². The van der Waals surface area contributed by atoms with Gasteiger partial charge >= 0.3 is 0 Å². The molecule has 2 aromatic rings. The zero-order valence-electron chi connectivity index (χ0n) is 11.6. The van der Waals surface area contributed by atoms with Crippen LogP contribution < -0.4 is 5.32 Å². The first kappa shape index (κ1) is 14.6. The highest BCUT2D eigenvalue weighted by molar-refractivity contribution is 7.10. The largest absolute Gasteiger partial charge is 0.309 e. The third-order valence-electron chi connectivity index (χ3n) is 3.12. The SMILES string of the molecule is CNC(c1cccc(CC(C)C)c1)c1sccc1Cl. The highest BCUT2D eigenvalue weighted by Crippen LogP contribution is 2.33. The molecule has 1 aromatic heterocycles. The Hall–Kier alpha value is -0.830. The lowest BCUT2D eigenvalue weighted by Crippen LogP contribution is -2.17. The Balaban J connectivity index is 2.31. The Morgan fingerprint density at radius 2 is 2.05 bits per heavy atom. The second-order valence-electron chi connectivity index (χ2n) is 5.20. The maximum absolute atomic E-state index is 6.26. The molecule has 1 heterocycles. The smallest absolute Gasteiger partial charge is 0.0683 e. The van der Waals surface area contributed by atoms with Crippen molar-refractivity contribution in [3.8, 4) is 0 Å². The van der Waals surface area contributed by atoms with Gasteiger partial charge in [-0.3, -0.25) is 0 Å². The van der Waals surface area contributed by atoms with Crippen LogP contribution in [0.2, 0.25) is 5.02 Å². The predicted molar refractivity (Wildman–Crippen MR) is 85.2 cm³/mol. The Labute approximate surface area is 124 Å². The highest BCUT2D eigenvalue weighted by atomic mass is 35.5. The van der Waals surface area contributed by atoms with Gasteiger partial charge in [0.25, 0.3) is 0 Å². The maximum atomic E-state index is 6.26. The minimum atomic E-state index is 0.180. The summed E-state index contributed by atoms with van der Waals surface area (Å²) in [5.74, 6) is 0.675. The molecule has 0 saturated carbocycles. The van der Waals surface area contributed by atoms with E-state index in [1.54, 1.807) is 11.3 Å². The Bertz CT molecular complexity index is 533. The lowest BCUT2D eigenvalue weighted by molar-refractivity contribution is 0.644. The van der Waals surface area contributed by atoms with Crippen LogP contribution in [0.25, 0.3) is 0 Å². The quantitative estimate of drug-likeness (QED) is 0.826. The summed E-state index contributed by atoms with van der Waals surface area (Å²) < 4.78 is 0. The first-order valence-electron chi connectivity index (χ1n) is 6.60. The lowest BCUT2D eigenvalue weighted by Gasteiger charge is -2.17. The van der Waals surface area contributed by atoms with Crippen LogP contribution in [0.1, 0.15) is 35.9 Å². The molecule has 19 heavy (non-hydrogen) atoms. The van der Waals surface area contributed by atoms with Crippen molar-refractivity contribution in [2.45, 2.75) is 26.3 Å². The molecule has 1 aromatic carbocycles. The second kappa shape index (κ2) is 6.56. The summed E-state index contributed by atoms with van der Waals surface area (Å²) in [6.45, 7) is 4.50. The zero-order valence-corrected chi connectivity index (χ0v) is 13.2. The van der Waals surface area contributed by atoms with Gasteiger partial charge in [0.15, 0.2) is 0 Å². The molecule has 1 nitrogen and oxygen atoms in total. The number of hydrogen-bond acceptors (Lipinski definition) is 2. The van der Waals surface area contributed by atoms with Gasteiger partial charge in [-0.1, -0.05) is 49.7 Å². The molecule has 1 atom stereocenters. The maximum Gasteiger partial charge on any atom is 0.0683 e. The summed E-state index contributed by atoms with van der Waals surface area (Å²) in [6.07, 6.45) is 1.11. The minimum absolute atomic E-state index is 0.180. The van der Waals surface area contributed by atoms with Crippen LogP contribution in [0.15, 0.2) is 35.7 Å². The van der Waals surface area contributed by atoms with Crippen molar-refractivity contribution in [3.05, 3.63) is 56.7 Å². The van der Waals surface area contributed by atoms with Crippen molar-refractivity contribution in [3.63, 3.8) is 0 Å². The molecular formula is C16H20ClNS. The molecule has 0 spiro atoms. The van der Waals surface area contributed by atoms with Crippen molar-refractivity contribution >= 4 is 22.9 Å². The molecule has 0 fully saturated rings. The standard InChI is InChI=1S/C16H20ClNS/c1-11(2)9-12-5-4-6-13(10-12)15(18-3)16-14(17)7-8-19-16/h4-8,10-11,15,18H,9H2,1-3H3. The summed E-state index contributed by atoms with van der Waals surface area (Å²) in [4.78, 5) is 1.19. The van der Waals surface area contributed by atoms with Crippen molar-refractivity contribution in [2.75, 3.05) is 7.05 Å². The van der Waals surface area contributed by atoms with E-state index >= 15 is 0 Å². The third-order valence-corrected chi connectivity index (χ3v) is 4.55. The zero-order chi connectivity index (χ0) is 13.8. The van der Waals surface area contributed by atoms with Crippen LogP contribution in [0.5, 0.6) is 0 Å². The molecule has 2 rings (SSSR count). The molecule has 0 aliphatic carbocycles. The monoisotopic (exact) mass is 293 g/mol. The van der Waals surface area contributed by atoms with E-state index in [1.807, 2.05) is 18.5 Å². The Morgan fingerprint density at radius 3 is 2.63 bits per heavy atom. The number of halogens is 1. The van der Waals surface area contributed by atoms with Crippen LogP contribution >= 0.6 is 22.9 Å². The summed E-state index contributed by atoms with van der Waals surface area (Å²) in [6, 6.07) is 10.9. The summed E-state index contributed by atoms with van der Waals surface area (Å²) in [5.41, 5.74) is 2.67. The molecular weight excluding hydrogens is 274 g/mol. The van der Waals surface area contributed by atoms with E-state index in [4.69, 9.17) is 11.6 Å². The first-order chi connectivity index (χ1) is 9.11. The van der Waals surface area contributed by atoms with Crippen LogP contribution in [-0.4, -0.2) is 7.05 Å². The van der Waals surface area contributed by atoms with Crippen LogP contribution in [0.4, 0.5) is 0 Å². The fourth-order valence-electron chi connectivity index (χ4n) is 2.33. The van der Waals surface area contributed by atoms with Gasteiger partial charge in [0.1, 0.15) is 0 Å². The van der Waals surface area contributed by atoms with Gasteiger partial charge in [-0.25, -0.2) is 0 Å². The van der Waals surface area contributed by atoms with E-state index in [2.05, 4.69) is 43.4 Å². The van der Waals surface area contributed by atoms with Gasteiger partial charge in [0.05, 0.1) is 11.1 Å². The summed E-state index contributed by atoms with van der Waals surface area (Å²) in [5, 5.41) is 6.26. The van der Waals surface area contributed by atoms with Crippen molar-refractivity contribution in [2.24, 2.45) is 5.92 Å². The molecule has 0 aliphatic heterocycles. The molecule has 0 amide bonds. The van der Waals surface area contributed by atoms with Crippen molar-refractivity contribution in [1.82, 2.24) is 5.32 Å². The molecule has 0 bridgehead atoms. The van der Waals surface area contributed by atoms with Gasteiger partial charge in [-0.15, -0.1) is 11.3 Å². The third kappa shape index (κ3) is 3.59. The normalized spacial score (nSPS) is 12.9. The van der Waals surface area contributed by atoms with E-state index in [0.717, 1.165) is 11.4 Å².